The highest BCUT2D eigenvalue weighted by atomic mass is 35.5. The Morgan fingerprint density at radius 1 is 1.09 bits per heavy atom. The van der Waals surface area contributed by atoms with Crippen LogP contribution in [0.25, 0.3) is 10.9 Å². The van der Waals surface area contributed by atoms with Crippen molar-refractivity contribution >= 4 is 49.8 Å². The van der Waals surface area contributed by atoms with Crippen LogP contribution in [0.15, 0.2) is 29.3 Å². The first-order valence-corrected chi connectivity index (χ1v) is 13.0. The van der Waals surface area contributed by atoms with E-state index >= 15 is 0 Å². The maximum Gasteiger partial charge on any atom is 0.282 e. The highest BCUT2D eigenvalue weighted by molar-refractivity contribution is 7.89. The van der Waals surface area contributed by atoms with Gasteiger partial charge in [0.1, 0.15) is 0 Å². The summed E-state index contributed by atoms with van der Waals surface area (Å²) in [6, 6.07) is 6.22. The van der Waals surface area contributed by atoms with Gasteiger partial charge in [0.2, 0.25) is 0 Å². The van der Waals surface area contributed by atoms with Crippen LogP contribution in [0.1, 0.15) is 20.4 Å². The van der Waals surface area contributed by atoms with E-state index in [2.05, 4.69) is 9.99 Å². The minimum atomic E-state index is -3.95. The van der Waals surface area contributed by atoms with Gasteiger partial charge in [-0.3, -0.25) is 4.79 Å². The van der Waals surface area contributed by atoms with Crippen molar-refractivity contribution in [2.24, 2.45) is 0 Å². The largest absolute Gasteiger partial charge is 0.427 e. The lowest BCUT2D eigenvalue weighted by Crippen LogP contribution is -2.50. The van der Waals surface area contributed by atoms with E-state index in [1.807, 2.05) is 19.1 Å². The third-order valence-corrected chi connectivity index (χ3v) is 9.30. The van der Waals surface area contributed by atoms with Gasteiger partial charge in [-0.2, -0.15) is 9.04 Å². The van der Waals surface area contributed by atoms with Crippen LogP contribution in [0.3, 0.4) is 0 Å². The number of piperazine rings is 1. The van der Waals surface area contributed by atoms with E-state index in [0.29, 0.717) is 38.8 Å². The average molecular weight is 511 g/mol. The molecule has 0 aliphatic carbocycles. The molecule has 1 fully saturated rings. The molecule has 5 rings (SSSR count). The summed E-state index contributed by atoms with van der Waals surface area (Å²) in [4.78, 5) is 20.3. The molecule has 0 unspecified atom stereocenters. The predicted octanol–water partition coefficient (Wildman–Crippen LogP) is 1.93. The zero-order valence-electron chi connectivity index (χ0n) is 18.1. The number of aromatic nitrogens is 2. The highest BCUT2D eigenvalue weighted by Gasteiger charge is 2.34. The van der Waals surface area contributed by atoms with Crippen LogP contribution in [0.5, 0.6) is 0 Å². The van der Waals surface area contributed by atoms with Crippen LogP contribution < -0.4 is 0 Å². The second-order valence-corrected chi connectivity index (χ2v) is 11.6. The summed E-state index contributed by atoms with van der Waals surface area (Å²) in [5, 5.41) is 15.8. The van der Waals surface area contributed by atoms with Crippen molar-refractivity contribution in [3.05, 3.63) is 44.9 Å². The van der Waals surface area contributed by atoms with E-state index in [1.165, 1.54) is 27.8 Å². The maximum absolute atomic E-state index is 13.2. The zero-order valence-corrected chi connectivity index (χ0v) is 20.5. The van der Waals surface area contributed by atoms with Gasteiger partial charge in [-0.15, -0.1) is 11.3 Å². The van der Waals surface area contributed by atoms with Crippen LogP contribution in [-0.4, -0.2) is 88.7 Å². The Kier molecular flexibility index (Phi) is 5.62. The molecular weight excluding hydrogens is 488 g/mol. The minimum Gasteiger partial charge on any atom is -0.427 e. The van der Waals surface area contributed by atoms with E-state index < -0.39 is 10.0 Å². The third-order valence-electron chi connectivity index (χ3n) is 6.13. The molecular formula is C20H23ClN6O4S2. The van der Waals surface area contributed by atoms with Crippen molar-refractivity contribution in [3.63, 3.8) is 0 Å². The van der Waals surface area contributed by atoms with Crippen molar-refractivity contribution in [3.8, 4) is 0 Å². The van der Waals surface area contributed by atoms with Crippen LogP contribution >= 0.6 is 22.9 Å². The normalized spacial score (nSPS) is 18.7. The second-order valence-electron chi connectivity index (χ2n) is 8.21. The SMILES string of the molecule is CN1Cc2nc(C(=O)N3CCN(S(=O)(=O)c4cc5ccc(Cl)cc5n4O)CC3)sc2CN1C. The number of amides is 1. The Morgan fingerprint density at radius 2 is 1.79 bits per heavy atom. The van der Waals surface area contributed by atoms with Gasteiger partial charge in [0.05, 0.1) is 17.8 Å². The summed E-state index contributed by atoms with van der Waals surface area (Å²) in [6.45, 7) is 2.13. The summed E-state index contributed by atoms with van der Waals surface area (Å²) in [5.41, 5.74) is 1.24. The standard InChI is InChI=1S/C20H23ClN6O4S2/c1-23-11-15-17(12-24(23)2)32-19(22-15)20(28)25-5-7-26(8-6-25)33(30,31)18-9-13-3-4-14(21)10-16(13)27(18)29/h3-4,9-10,29H,5-8,11-12H2,1-2H3. The van der Waals surface area contributed by atoms with E-state index in [1.54, 1.807) is 17.0 Å². The van der Waals surface area contributed by atoms with Gasteiger partial charge in [-0.05, 0) is 18.2 Å². The summed E-state index contributed by atoms with van der Waals surface area (Å²) < 4.78 is 28.3. The van der Waals surface area contributed by atoms with E-state index in [4.69, 9.17) is 11.6 Å². The number of fused-ring (bicyclic) bond motifs is 2. The minimum absolute atomic E-state index is 0.132. The summed E-state index contributed by atoms with van der Waals surface area (Å²) >= 11 is 7.38. The summed E-state index contributed by atoms with van der Waals surface area (Å²) in [5.74, 6) is -0.178. The summed E-state index contributed by atoms with van der Waals surface area (Å²) in [7, 11) is 0.0118. The first-order chi connectivity index (χ1) is 15.6. The molecule has 1 amide bonds. The molecule has 2 aliphatic heterocycles. The van der Waals surface area contributed by atoms with Gasteiger partial charge in [0.25, 0.3) is 15.9 Å². The monoisotopic (exact) mass is 510 g/mol. The molecule has 0 saturated carbocycles. The molecule has 176 valence electrons. The lowest BCUT2D eigenvalue weighted by molar-refractivity contribution is -0.00172. The van der Waals surface area contributed by atoms with Gasteiger partial charge in [-0.25, -0.2) is 23.4 Å². The number of nitrogens with zero attached hydrogens (tertiary/aromatic N) is 6. The lowest BCUT2D eigenvalue weighted by atomic mass is 10.2. The molecule has 4 heterocycles. The maximum atomic E-state index is 13.2. The van der Waals surface area contributed by atoms with Gasteiger partial charge in [-0.1, -0.05) is 17.7 Å². The van der Waals surface area contributed by atoms with Gasteiger partial charge in [0.15, 0.2) is 10.0 Å². The quantitative estimate of drug-likeness (QED) is 0.537. The fraction of sp³-hybridized carbons (Fsp3) is 0.400. The fourth-order valence-electron chi connectivity index (χ4n) is 4.11. The number of thiazole rings is 1. The molecule has 0 spiro atoms. The van der Waals surface area contributed by atoms with Gasteiger partial charge >= 0.3 is 0 Å². The number of hydrogen-bond acceptors (Lipinski definition) is 8. The Bertz CT molecular complexity index is 1320. The average Bonchev–Trinajstić information content (AvgIpc) is 3.34. The molecule has 13 heteroatoms. The number of hydrazine groups is 1. The Morgan fingerprint density at radius 3 is 2.52 bits per heavy atom. The van der Waals surface area contributed by atoms with Crippen molar-refractivity contribution in [1.82, 2.24) is 28.9 Å². The van der Waals surface area contributed by atoms with E-state index in [9.17, 15) is 18.4 Å². The van der Waals surface area contributed by atoms with Crippen molar-refractivity contribution in [1.29, 1.82) is 0 Å². The third kappa shape index (κ3) is 3.90. The molecule has 2 aromatic heterocycles. The van der Waals surface area contributed by atoms with Crippen LogP contribution in [0.2, 0.25) is 5.02 Å². The van der Waals surface area contributed by atoms with E-state index in [-0.39, 0.29) is 37.1 Å². The molecule has 3 aromatic rings. The molecule has 0 bridgehead atoms. The topological polar surface area (TPSA) is 102 Å². The van der Waals surface area contributed by atoms with Crippen LogP contribution in [0, 0.1) is 0 Å². The molecule has 33 heavy (non-hydrogen) atoms. The molecule has 2 aliphatic rings. The zero-order chi connectivity index (χ0) is 23.5. The number of rotatable bonds is 3. The van der Waals surface area contributed by atoms with Crippen molar-refractivity contribution in [2.75, 3.05) is 40.3 Å². The Labute approximate surface area is 200 Å². The van der Waals surface area contributed by atoms with Gasteiger partial charge in [0, 0.05) is 62.1 Å². The molecule has 0 atom stereocenters. The first kappa shape index (κ1) is 22.6. The number of hydrogen-bond donors (Lipinski definition) is 1. The molecule has 10 nitrogen and oxygen atoms in total. The van der Waals surface area contributed by atoms with Crippen LogP contribution in [-0.2, 0) is 23.1 Å². The Hall–Kier alpha value is -2.22. The lowest BCUT2D eigenvalue weighted by Gasteiger charge is -2.33. The molecule has 1 saturated heterocycles. The number of carbonyl (C=O) groups is 1. The van der Waals surface area contributed by atoms with Crippen molar-refractivity contribution < 1.29 is 18.4 Å². The number of sulfonamides is 1. The highest BCUT2D eigenvalue weighted by Crippen LogP contribution is 2.29. The van der Waals surface area contributed by atoms with Crippen molar-refractivity contribution in [2.45, 2.75) is 18.1 Å². The van der Waals surface area contributed by atoms with Gasteiger partial charge < -0.3 is 10.1 Å². The number of benzene rings is 1. The fourth-order valence-corrected chi connectivity index (χ4v) is 6.86. The smallest absolute Gasteiger partial charge is 0.282 e. The number of halogens is 1. The predicted molar refractivity (Wildman–Crippen MR) is 124 cm³/mol. The van der Waals surface area contributed by atoms with E-state index in [0.717, 1.165) is 10.6 Å². The second kappa shape index (κ2) is 8.22. The molecule has 0 radical (unpaired) electrons. The number of carbonyl (C=O) groups excluding carboxylic acids is 1. The molecule has 1 N–H and O–H groups in total. The first-order valence-electron chi connectivity index (χ1n) is 10.4. The summed E-state index contributed by atoms with van der Waals surface area (Å²) in [6.07, 6.45) is 0. The molecule has 1 aromatic carbocycles. The van der Waals surface area contributed by atoms with Crippen LogP contribution in [0.4, 0.5) is 0 Å². The Balaban J connectivity index is 1.31.